The summed E-state index contributed by atoms with van der Waals surface area (Å²) in [6, 6.07) is -13.8. The van der Waals surface area contributed by atoms with E-state index in [1.807, 2.05) is 5.32 Å². The summed E-state index contributed by atoms with van der Waals surface area (Å²) in [5, 5.41) is 57.0. The molecule has 0 aromatic heterocycles. The standard InChI is InChI=1S/C36H64N14O14S4/c1-15(51)26(35(63)64)50-30(58)19(10-25(53)54)45-29(57)17(5-2-3-7-37)43-28(56)18(6-4-8-42-36(40)41)44-31(59)21(12-66)47-33(61)23(14-68)49-34(62)22(13-67)48-32(60)20(11-65)46-27(55)16(38)9-24(39)52/h15-23,26,51,65-68H,2-14,37-38H2,1H3,(H2,39,52)(H,43,56)(H,44,59)(H,45,57)(H,46,55)(H,47,61)(H,48,60)(H,49,62)(H,50,58)(H,53,54)(H,63,64)(H4,40,41,42)/t15-,16+,17+,18+,19+,20+,21+,22+,23+,26+/m1/s1. The van der Waals surface area contributed by atoms with Gasteiger partial charge in [-0.05, 0) is 45.6 Å². The van der Waals surface area contributed by atoms with Crippen molar-refractivity contribution in [2.45, 2.75) is 112 Å². The van der Waals surface area contributed by atoms with Gasteiger partial charge in [-0.1, -0.05) is 0 Å². The zero-order valence-corrected chi connectivity index (χ0v) is 40.5. The molecule has 0 radical (unpaired) electrons. The second-order valence-corrected chi connectivity index (χ2v) is 16.3. The molecule has 68 heavy (non-hydrogen) atoms. The van der Waals surface area contributed by atoms with E-state index < -0.39 is 144 Å². The molecular weight excluding hydrogens is 981 g/mol. The van der Waals surface area contributed by atoms with Gasteiger partial charge in [-0.3, -0.25) is 53.4 Å². The Morgan fingerprint density at radius 2 is 0.882 bits per heavy atom. The van der Waals surface area contributed by atoms with Crippen molar-refractivity contribution >= 4 is 122 Å². The summed E-state index contributed by atoms with van der Waals surface area (Å²) >= 11 is 16.4. The van der Waals surface area contributed by atoms with Crippen LogP contribution in [0.3, 0.4) is 0 Å². The van der Waals surface area contributed by atoms with Crippen LogP contribution in [0.1, 0.15) is 51.9 Å². The lowest BCUT2D eigenvalue weighted by Crippen LogP contribution is -2.61. The van der Waals surface area contributed by atoms with Crippen LogP contribution in [0.2, 0.25) is 0 Å². The number of thiol groups is 4. The largest absolute Gasteiger partial charge is 0.481 e. The highest BCUT2D eigenvalue weighted by molar-refractivity contribution is 7.80. The van der Waals surface area contributed by atoms with Gasteiger partial charge in [-0.15, -0.1) is 0 Å². The normalized spacial score (nSPS) is 15.3. The van der Waals surface area contributed by atoms with Gasteiger partial charge in [-0.2, -0.15) is 50.5 Å². The number of primary amides is 1. The molecule has 0 fully saturated rings. The molecule has 0 aliphatic rings. The maximum Gasteiger partial charge on any atom is 0.328 e. The number of nitrogens with one attached hydrogen (secondary N) is 10. The van der Waals surface area contributed by atoms with Crippen molar-refractivity contribution in [3.8, 4) is 0 Å². The fourth-order valence-corrected chi connectivity index (χ4v) is 6.61. The lowest BCUT2D eigenvalue weighted by molar-refractivity contribution is -0.146. The Balaban J connectivity index is 6.30. The highest BCUT2D eigenvalue weighted by atomic mass is 32.1. The monoisotopic (exact) mass is 1040 g/mol. The summed E-state index contributed by atoms with van der Waals surface area (Å²) in [4.78, 5) is 140. The van der Waals surface area contributed by atoms with Crippen molar-refractivity contribution in [3.63, 3.8) is 0 Å². The predicted octanol–water partition coefficient (Wildman–Crippen LogP) is -7.88. The molecule has 0 saturated heterocycles. The van der Waals surface area contributed by atoms with E-state index in [0.717, 1.165) is 6.92 Å². The zero-order valence-electron chi connectivity index (χ0n) is 36.9. The van der Waals surface area contributed by atoms with Crippen LogP contribution in [0.4, 0.5) is 0 Å². The van der Waals surface area contributed by atoms with Crippen molar-refractivity contribution in [1.29, 1.82) is 5.41 Å². The number of unbranched alkanes of at least 4 members (excludes halogenated alkanes) is 1. The number of carboxylic acids is 2. The van der Waals surface area contributed by atoms with E-state index in [-0.39, 0.29) is 61.8 Å². The molecule has 28 nitrogen and oxygen atoms in total. The lowest BCUT2D eigenvalue weighted by Gasteiger charge is -2.27. The third-order valence-corrected chi connectivity index (χ3v) is 10.7. The smallest absolute Gasteiger partial charge is 0.328 e. The molecule has 0 aromatic carbocycles. The topological polar surface area (TPSA) is 485 Å². The number of amides is 9. The fraction of sp³-hybridized carbons (Fsp3) is 0.667. The molecule has 0 spiro atoms. The van der Waals surface area contributed by atoms with Gasteiger partial charge in [-0.25, -0.2) is 4.79 Å². The quantitative estimate of drug-likeness (QED) is 0.0123. The van der Waals surface area contributed by atoms with Crippen LogP contribution in [0.5, 0.6) is 0 Å². The molecular formula is C36H64N14O14S4. The molecule has 10 atom stereocenters. The molecule has 0 aromatic rings. The minimum absolute atomic E-state index is 0.0318. The lowest BCUT2D eigenvalue weighted by atomic mass is 10.0. The summed E-state index contributed by atoms with van der Waals surface area (Å²) in [5.41, 5.74) is 21.6. The SMILES string of the molecule is C[C@@H](O)[C@H](NC(=O)[C@H](CC(=O)O)NC(=O)[C@H](CCCCN)NC(=O)[C@H](CCCNC(=N)N)NC(=O)[C@H](CS)NC(=O)[C@H](CS)NC(=O)[C@H](CS)NC(=O)[C@H](CS)NC(=O)[C@@H](N)CC(N)=O)C(=O)O. The first kappa shape index (κ1) is 62.7. The molecule has 32 heteroatoms. The highest BCUT2D eigenvalue weighted by Crippen LogP contribution is 2.08. The molecule has 9 amide bonds. The van der Waals surface area contributed by atoms with Gasteiger partial charge in [0.15, 0.2) is 12.0 Å². The van der Waals surface area contributed by atoms with Gasteiger partial charge in [0.25, 0.3) is 0 Å². The minimum Gasteiger partial charge on any atom is -0.481 e. The van der Waals surface area contributed by atoms with Crippen molar-refractivity contribution in [2.24, 2.45) is 22.9 Å². The maximum absolute atomic E-state index is 13.9. The maximum atomic E-state index is 13.9. The molecule has 0 rings (SSSR count). The van der Waals surface area contributed by atoms with Gasteiger partial charge in [0, 0.05) is 29.6 Å². The van der Waals surface area contributed by atoms with E-state index in [0.29, 0.717) is 6.42 Å². The van der Waals surface area contributed by atoms with Crippen LogP contribution in [0.25, 0.3) is 0 Å². The summed E-state index contributed by atoms with van der Waals surface area (Å²) in [5.74, 6) is -13.9. The van der Waals surface area contributed by atoms with Gasteiger partial charge < -0.3 is 86.1 Å². The first-order valence-corrected chi connectivity index (χ1v) is 23.2. The van der Waals surface area contributed by atoms with Gasteiger partial charge >= 0.3 is 11.9 Å². The predicted molar refractivity (Wildman–Crippen MR) is 256 cm³/mol. The van der Waals surface area contributed by atoms with E-state index in [1.165, 1.54) is 0 Å². The number of carbonyl (C=O) groups is 11. The molecule has 0 aliphatic heterocycles. The summed E-state index contributed by atoms with van der Waals surface area (Å²) < 4.78 is 0. The van der Waals surface area contributed by atoms with Crippen LogP contribution >= 0.6 is 50.5 Å². The average molecular weight is 1050 g/mol. The molecule has 0 aliphatic carbocycles. The second kappa shape index (κ2) is 33.3. The molecule has 0 heterocycles. The van der Waals surface area contributed by atoms with Crippen LogP contribution < -0.4 is 70.8 Å². The first-order chi connectivity index (χ1) is 31.9. The Hall–Kier alpha value is -5.28. The summed E-state index contributed by atoms with van der Waals surface area (Å²) in [6.07, 6.45) is -2.83. The number of aliphatic hydroxyl groups excluding tert-OH is 1. The van der Waals surface area contributed by atoms with Crippen LogP contribution in [-0.4, -0.2) is 183 Å². The number of nitrogens with two attached hydrogens (primary N) is 4. The van der Waals surface area contributed by atoms with Crippen molar-refractivity contribution in [3.05, 3.63) is 0 Å². The zero-order chi connectivity index (χ0) is 52.3. The first-order valence-electron chi connectivity index (χ1n) is 20.7. The van der Waals surface area contributed by atoms with E-state index in [4.69, 9.17) is 28.3 Å². The Kier molecular flexibility index (Phi) is 30.7. The van der Waals surface area contributed by atoms with Crippen molar-refractivity contribution in [1.82, 2.24) is 47.9 Å². The average Bonchev–Trinajstić information content (AvgIpc) is 3.26. The molecule has 386 valence electrons. The number of carboxylic acid groups (broad SMARTS) is 2. The van der Waals surface area contributed by atoms with E-state index in [2.05, 4.69) is 93.0 Å². The number of hydrogen-bond acceptors (Lipinski definition) is 19. The molecule has 21 N–H and O–H groups in total. The van der Waals surface area contributed by atoms with E-state index in [1.54, 1.807) is 0 Å². The van der Waals surface area contributed by atoms with Crippen LogP contribution in [0.15, 0.2) is 0 Å². The number of rotatable bonds is 34. The minimum atomic E-state index is -1.89. The summed E-state index contributed by atoms with van der Waals surface area (Å²) in [7, 11) is 0. The highest BCUT2D eigenvalue weighted by Gasteiger charge is 2.35. The van der Waals surface area contributed by atoms with E-state index in [9.17, 15) is 68.1 Å². The Morgan fingerprint density at radius 1 is 0.529 bits per heavy atom. The fourth-order valence-electron chi connectivity index (χ4n) is 5.58. The van der Waals surface area contributed by atoms with Crippen molar-refractivity contribution < 1.29 is 68.1 Å². The van der Waals surface area contributed by atoms with Crippen molar-refractivity contribution in [2.75, 3.05) is 36.1 Å². The van der Waals surface area contributed by atoms with Crippen LogP contribution in [0, 0.1) is 5.41 Å². The number of carbonyl (C=O) groups excluding carboxylic acids is 9. The number of guanidine groups is 1. The number of hydrogen-bond donors (Lipinski definition) is 21. The Bertz CT molecular complexity index is 1790. The van der Waals surface area contributed by atoms with Gasteiger partial charge in [0.05, 0.1) is 25.0 Å². The molecule has 0 saturated carbocycles. The Labute approximate surface area is 412 Å². The number of aliphatic carboxylic acids is 2. The Morgan fingerprint density at radius 3 is 1.22 bits per heavy atom. The van der Waals surface area contributed by atoms with E-state index >= 15 is 0 Å². The van der Waals surface area contributed by atoms with Gasteiger partial charge in [0.2, 0.25) is 53.2 Å². The summed E-state index contributed by atoms with van der Waals surface area (Å²) in [6.45, 7) is 1.25. The number of aliphatic hydroxyl groups is 1. The van der Waals surface area contributed by atoms with Gasteiger partial charge in [0.1, 0.15) is 42.3 Å². The third-order valence-electron chi connectivity index (χ3n) is 9.28. The van der Waals surface area contributed by atoms with Crippen LogP contribution in [-0.2, 0) is 52.7 Å². The molecule has 0 unspecified atom stereocenters. The third kappa shape index (κ3) is 24.1. The molecule has 0 bridgehead atoms. The second-order valence-electron chi connectivity index (χ2n) is 14.9.